The van der Waals surface area contributed by atoms with Crippen LogP contribution in [0.4, 0.5) is 0 Å². The molecule has 0 fully saturated rings. The lowest BCUT2D eigenvalue weighted by molar-refractivity contribution is -0.124. The fourth-order valence-electron chi connectivity index (χ4n) is 1.54. The van der Waals surface area contributed by atoms with Crippen molar-refractivity contribution in [3.63, 3.8) is 0 Å². The van der Waals surface area contributed by atoms with Crippen LogP contribution in [-0.4, -0.2) is 32.1 Å². The molecule has 6 nitrogen and oxygen atoms in total. The van der Waals surface area contributed by atoms with Gasteiger partial charge < -0.3 is 20.5 Å². The van der Waals surface area contributed by atoms with Crippen molar-refractivity contribution in [2.75, 3.05) is 14.2 Å². The molecule has 1 unspecified atom stereocenters. The van der Waals surface area contributed by atoms with Crippen molar-refractivity contribution in [3.05, 3.63) is 28.8 Å². The fourth-order valence-corrected chi connectivity index (χ4v) is 1.83. The summed E-state index contributed by atoms with van der Waals surface area (Å²) in [7, 11) is 2.97. The molecule has 3 N–H and O–H groups in total. The Morgan fingerprint density at radius 3 is 2.52 bits per heavy atom. The highest BCUT2D eigenvalue weighted by Crippen LogP contribution is 2.36. The van der Waals surface area contributed by atoms with E-state index in [2.05, 4.69) is 5.32 Å². The number of benzene rings is 1. The number of hydrogen-bond acceptors (Lipinski definition) is 4. The zero-order chi connectivity index (χ0) is 16.0. The normalized spacial score (nSPS) is 12.0. The van der Waals surface area contributed by atoms with Crippen molar-refractivity contribution in [2.24, 2.45) is 5.73 Å². The summed E-state index contributed by atoms with van der Waals surface area (Å²) >= 11 is 6.05. The molecule has 0 heterocycles. The highest BCUT2D eigenvalue weighted by atomic mass is 35.5. The largest absolute Gasteiger partial charge is 0.493 e. The van der Waals surface area contributed by atoms with Gasteiger partial charge in [-0.1, -0.05) is 11.6 Å². The first-order valence-electron chi connectivity index (χ1n) is 6.08. The van der Waals surface area contributed by atoms with Gasteiger partial charge in [-0.25, -0.2) is 0 Å². The molecule has 0 saturated heterocycles. The van der Waals surface area contributed by atoms with Gasteiger partial charge in [-0.2, -0.15) is 0 Å². The Morgan fingerprint density at radius 2 is 2.00 bits per heavy atom. The van der Waals surface area contributed by atoms with E-state index >= 15 is 0 Å². The minimum Gasteiger partial charge on any atom is -0.493 e. The van der Waals surface area contributed by atoms with Crippen LogP contribution in [0.25, 0.3) is 6.08 Å². The van der Waals surface area contributed by atoms with Crippen LogP contribution in [0.1, 0.15) is 12.5 Å². The molecule has 7 heteroatoms. The molecule has 0 radical (unpaired) electrons. The minimum absolute atomic E-state index is 0.363. The van der Waals surface area contributed by atoms with Crippen LogP contribution in [0.3, 0.4) is 0 Å². The third kappa shape index (κ3) is 4.68. The molecule has 0 aromatic heterocycles. The number of carbonyl (C=O) groups is 2. The predicted molar refractivity (Wildman–Crippen MR) is 80.4 cm³/mol. The summed E-state index contributed by atoms with van der Waals surface area (Å²) in [5.41, 5.74) is 5.71. The van der Waals surface area contributed by atoms with E-state index < -0.39 is 17.9 Å². The molecule has 21 heavy (non-hydrogen) atoms. The van der Waals surface area contributed by atoms with Gasteiger partial charge in [0.25, 0.3) is 0 Å². The van der Waals surface area contributed by atoms with Gasteiger partial charge in [0, 0.05) is 6.08 Å². The summed E-state index contributed by atoms with van der Waals surface area (Å²) < 4.78 is 10.3. The molecule has 0 aliphatic carbocycles. The van der Waals surface area contributed by atoms with Crippen LogP contribution in [0.2, 0.25) is 5.02 Å². The van der Waals surface area contributed by atoms with Gasteiger partial charge in [-0.3, -0.25) is 9.59 Å². The van der Waals surface area contributed by atoms with E-state index in [9.17, 15) is 9.59 Å². The van der Waals surface area contributed by atoms with Gasteiger partial charge in [-0.05, 0) is 30.7 Å². The second-order valence-electron chi connectivity index (χ2n) is 4.20. The Hall–Kier alpha value is -2.21. The quantitative estimate of drug-likeness (QED) is 0.776. The maximum absolute atomic E-state index is 11.6. The number of halogens is 1. The summed E-state index contributed by atoms with van der Waals surface area (Å²) in [6.07, 6.45) is 2.81. The Balaban J connectivity index is 2.88. The number of hydrogen-bond donors (Lipinski definition) is 2. The topological polar surface area (TPSA) is 90.6 Å². The molecule has 1 rings (SSSR count). The molecular formula is C14H17ClN2O4. The first kappa shape index (κ1) is 16.8. The first-order chi connectivity index (χ1) is 9.88. The molecule has 0 aliphatic rings. The first-order valence-corrected chi connectivity index (χ1v) is 6.46. The lowest BCUT2D eigenvalue weighted by atomic mass is 10.2. The van der Waals surface area contributed by atoms with E-state index in [0.717, 1.165) is 0 Å². The lowest BCUT2D eigenvalue weighted by Gasteiger charge is -2.10. The third-order valence-corrected chi connectivity index (χ3v) is 2.95. The van der Waals surface area contributed by atoms with Crippen LogP contribution < -0.4 is 20.5 Å². The molecule has 2 amide bonds. The van der Waals surface area contributed by atoms with E-state index in [4.69, 9.17) is 26.8 Å². The van der Waals surface area contributed by atoms with Crippen molar-refractivity contribution in [3.8, 4) is 11.5 Å². The Labute approximate surface area is 127 Å². The molecule has 0 spiro atoms. The van der Waals surface area contributed by atoms with Crippen molar-refractivity contribution >= 4 is 29.5 Å². The van der Waals surface area contributed by atoms with Crippen LogP contribution in [0.5, 0.6) is 11.5 Å². The van der Waals surface area contributed by atoms with Crippen LogP contribution in [0.15, 0.2) is 18.2 Å². The SMILES string of the molecule is COc1cc(/C=C/C(=O)NC(C)C(N)=O)cc(Cl)c1OC. The maximum atomic E-state index is 11.6. The number of ether oxygens (including phenoxy) is 2. The number of rotatable bonds is 6. The summed E-state index contributed by atoms with van der Waals surface area (Å²) in [6, 6.07) is 2.56. The van der Waals surface area contributed by atoms with Crippen molar-refractivity contribution in [1.29, 1.82) is 0 Å². The van der Waals surface area contributed by atoms with Crippen LogP contribution in [-0.2, 0) is 9.59 Å². The Kier molecular flexibility index (Phi) is 6.05. The smallest absolute Gasteiger partial charge is 0.244 e. The average Bonchev–Trinajstić information content (AvgIpc) is 2.44. The number of methoxy groups -OCH3 is 2. The zero-order valence-electron chi connectivity index (χ0n) is 12.0. The van der Waals surface area contributed by atoms with Gasteiger partial charge in [0.05, 0.1) is 19.2 Å². The van der Waals surface area contributed by atoms with Gasteiger partial charge in [0.1, 0.15) is 6.04 Å². The van der Waals surface area contributed by atoms with E-state index in [1.165, 1.54) is 33.3 Å². The zero-order valence-corrected chi connectivity index (χ0v) is 12.7. The summed E-state index contributed by atoms with van der Waals surface area (Å²) in [5.74, 6) is -0.170. The van der Waals surface area contributed by atoms with Gasteiger partial charge >= 0.3 is 0 Å². The number of primary amides is 1. The molecule has 0 bridgehead atoms. The second-order valence-corrected chi connectivity index (χ2v) is 4.61. The van der Waals surface area contributed by atoms with E-state index in [1.54, 1.807) is 12.1 Å². The van der Waals surface area contributed by atoms with Gasteiger partial charge in [0.15, 0.2) is 11.5 Å². The molecule has 1 aromatic rings. The molecule has 114 valence electrons. The van der Waals surface area contributed by atoms with Crippen molar-refractivity contribution in [2.45, 2.75) is 13.0 Å². The standard InChI is InChI=1S/C14H17ClN2O4/c1-8(14(16)19)17-12(18)5-4-9-6-10(15)13(21-3)11(7-9)20-2/h4-8H,1-3H3,(H2,16,19)(H,17,18)/b5-4+. The molecule has 1 aromatic carbocycles. The Bertz CT molecular complexity index is 572. The number of nitrogens with two attached hydrogens (primary N) is 1. The van der Waals surface area contributed by atoms with Crippen molar-refractivity contribution in [1.82, 2.24) is 5.32 Å². The average molecular weight is 313 g/mol. The highest BCUT2D eigenvalue weighted by Gasteiger charge is 2.11. The molecular weight excluding hydrogens is 296 g/mol. The Morgan fingerprint density at radius 1 is 1.33 bits per heavy atom. The fraction of sp³-hybridized carbons (Fsp3) is 0.286. The minimum atomic E-state index is -0.740. The molecule has 1 atom stereocenters. The number of carbonyl (C=O) groups excluding carboxylic acids is 2. The lowest BCUT2D eigenvalue weighted by Crippen LogP contribution is -2.41. The summed E-state index contributed by atoms with van der Waals surface area (Å²) in [5, 5.41) is 2.79. The third-order valence-electron chi connectivity index (χ3n) is 2.67. The summed E-state index contributed by atoms with van der Waals surface area (Å²) in [4.78, 5) is 22.4. The second kappa shape index (κ2) is 7.54. The van der Waals surface area contributed by atoms with Gasteiger partial charge in [-0.15, -0.1) is 0 Å². The molecule has 0 saturated carbocycles. The van der Waals surface area contributed by atoms with E-state index in [-0.39, 0.29) is 0 Å². The predicted octanol–water partition coefficient (Wildman–Crippen LogP) is 1.36. The van der Waals surface area contributed by atoms with Gasteiger partial charge in [0.2, 0.25) is 11.8 Å². The number of amides is 2. The maximum Gasteiger partial charge on any atom is 0.244 e. The molecule has 0 aliphatic heterocycles. The highest BCUT2D eigenvalue weighted by molar-refractivity contribution is 6.32. The van der Waals surface area contributed by atoms with Crippen molar-refractivity contribution < 1.29 is 19.1 Å². The van der Waals surface area contributed by atoms with Crippen LogP contribution >= 0.6 is 11.6 Å². The number of nitrogens with one attached hydrogen (secondary N) is 1. The van der Waals surface area contributed by atoms with E-state index in [1.807, 2.05) is 0 Å². The van der Waals surface area contributed by atoms with E-state index in [0.29, 0.717) is 22.1 Å². The monoisotopic (exact) mass is 312 g/mol. The van der Waals surface area contributed by atoms with Crippen LogP contribution in [0, 0.1) is 0 Å². The summed E-state index contributed by atoms with van der Waals surface area (Å²) in [6.45, 7) is 1.50.